The molecule has 0 saturated heterocycles. The number of nitrogens with one attached hydrogen (secondary N) is 2. The van der Waals surface area contributed by atoms with E-state index in [4.69, 9.17) is 9.47 Å². The van der Waals surface area contributed by atoms with Crippen LogP contribution in [-0.4, -0.2) is 37.1 Å². The third-order valence-electron chi connectivity index (χ3n) is 1.99. The van der Waals surface area contributed by atoms with Gasteiger partial charge in [-0.3, -0.25) is 19.8 Å². The van der Waals surface area contributed by atoms with E-state index in [0.29, 0.717) is 19.4 Å². The van der Waals surface area contributed by atoms with Crippen LogP contribution in [0.1, 0.15) is 40.0 Å². The van der Waals surface area contributed by atoms with Gasteiger partial charge in [0, 0.05) is 6.92 Å². The predicted octanol–water partition coefficient (Wildman–Crippen LogP) is 0.292. The van der Waals surface area contributed by atoms with Crippen LogP contribution in [0.25, 0.3) is 0 Å². The largest absolute Gasteiger partial charge is 0.466 e. The topological polar surface area (TPSA) is 93.7 Å². The third kappa shape index (κ3) is 9.01. The van der Waals surface area contributed by atoms with Crippen molar-refractivity contribution in [3.8, 4) is 0 Å². The molecule has 0 spiro atoms. The third-order valence-corrected chi connectivity index (χ3v) is 1.99. The second-order valence-electron chi connectivity index (χ2n) is 3.97. The zero-order valence-electron chi connectivity index (χ0n) is 11.7. The molecule has 7 heteroatoms. The minimum Gasteiger partial charge on any atom is -0.466 e. The van der Waals surface area contributed by atoms with Gasteiger partial charge < -0.3 is 9.47 Å². The van der Waals surface area contributed by atoms with E-state index in [0.717, 1.165) is 0 Å². The summed E-state index contributed by atoms with van der Waals surface area (Å²) in [5.41, 5.74) is 4.73. The van der Waals surface area contributed by atoms with Gasteiger partial charge in [-0.1, -0.05) is 13.8 Å². The van der Waals surface area contributed by atoms with Crippen LogP contribution in [0.4, 0.5) is 0 Å². The van der Waals surface area contributed by atoms with Crippen LogP contribution in [0, 0.1) is 0 Å². The highest BCUT2D eigenvalue weighted by molar-refractivity contribution is 5.83. The van der Waals surface area contributed by atoms with Crippen molar-refractivity contribution in [3.63, 3.8) is 0 Å². The van der Waals surface area contributed by atoms with Crippen molar-refractivity contribution < 1.29 is 23.9 Å². The average molecular weight is 274 g/mol. The number of hydrogen-bond donors (Lipinski definition) is 2. The molecule has 0 aromatic heterocycles. The highest BCUT2D eigenvalue weighted by Gasteiger charge is 2.24. The molecule has 0 fully saturated rings. The fraction of sp³-hybridized carbons (Fsp3) is 0.750. The maximum Gasteiger partial charge on any atom is 0.325 e. The van der Waals surface area contributed by atoms with Gasteiger partial charge in [0.15, 0.2) is 0 Å². The smallest absolute Gasteiger partial charge is 0.325 e. The molecule has 19 heavy (non-hydrogen) atoms. The molecule has 2 N–H and O–H groups in total. The van der Waals surface area contributed by atoms with Crippen LogP contribution >= 0.6 is 0 Å². The monoisotopic (exact) mass is 274 g/mol. The Balaban J connectivity index is 4.34. The van der Waals surface area contributed by atoms with Crippen molar-refractivity contribution in [2.75, 3.05) is 13.2 Å². The number of rotatable bonds is 9. The van der Waals surface area contributed by atoms with E-state index in [1.54, 1.807) is 0 Å². The quantitative estimate of drug-likeness (QED) is 0.464. The second-order valence-corrected chi connectivity index (χ2v) is 3.97. The van der Waals surface area contributed by atoms with Crippen molar-refractivity contribution in [2.24, 2.45) is 0 Å². The maximum absolute atomic E-state index is 11.7. The minimum absolute atomic E-state index is 0.192. The summed E-state index contributed by atoms with van der Waals surface area (Å²) in [5, 5.41) is 0. The first-order valence-corrected chi connectivity index (χ1v) is 6.35. The average Bonchev–Trinajstić information content (AvgIpc) is 2.38. The molecule has 1 amide bonds. The number of esters is 2. The lowest BCUT2D eigenvalue weighted by molar-refractivity contribution is -0.153. The number of hydrogen-bond acceptors (Lipinski definition) is 6. The zero-order chi connectivity index (χ0) is 14.7. The Hall–Kier alpha value is -1.63. The zero-order valence-corrected chi connectivity index (χ0v) is 11.7. The van der Waals surface area contributed by atoms with Gasteiger partial charge in [-0.05, 0) is 12.8 Å². The number of ether oxygens (including phenoxy) is 2. The first-order chi connectivity index (χ1) is 9.01. The first-order valence-electron chi connectivity index (χ1n) is 6.35. The Labute approximate surface area is 113 Å². The van der Waals surface area contributed by atoms with Crippen LogP contribution in [0.2, 0.25) is 0 Å². The van der Waals surface area contributed by atoms with E-state index >= 15 is 0 Å². The van der Waals surface area contributed by atoms with Gasteiger partial charge in [0.05, 0.1) is 19.6 Å². The summed E-state index contributed by atoms with van der Waals surface area (Å²) in [6.45, 7) is 5.59. The van der Waals surface area contributed by atoms with E-state index in [1.807, 2.05) is 13.8 Å². The molecule has 0 aliphatic carbocycles. The Morgan fingerprint density at radius 1 is 1.05 bits per heavy atom. The summed E-state index contributed by atoms with van der Waals surface area (Å²) < 4.78 is 9.81. The van der Waals surface area contributed by atoms with E-state index in [1.165, 1.54) is 6.92 Å². The molecule has 0 aliphatic rings. The first kappa shape index (κ1) is 17.4. The van der Waals surface area contributed by atoms with E-state index in [2.05, 4.69) is 10.9 Å². The lowest BCUT2D eigenvalue weighted by Crippen LogP contribution is -2.49. The molecular formula is C12H22N2O5. The fourth-order valence-corrected chi connectivity index (χ4v) is 1.13. The second kappa shape index (κ2) is 10.3. The molecule has 0 heterocycles. The van der Waals surface area contributed by atoms with Gasteiger partial charge in [0.1, 0.15) is 6.04 Å². The molecule has 1 atom stereocenters. The minimum atomic E-state index is -0.945. The molecule has 0 aromatic carbocycles. The number of amides is 1. The van der Waals surface area contributed by atoms with Gasteiger partial charge in [0.25, 0.3) is 0 Å². The normalized spacial score (nSPS) is 11.5. The summed E-state index contributed by atoms with van der Waals surface area (Å²) in [7, 11) is 0. The Morgan fingerprint density at radius 3 is 2.16 bits per heavy atom. The molecular weight excluding hydrogens is 252 g/mol. The predicted molar refractivity (Wildman–Crippen MR) is 67.9 cm³/mol. The number of carbonyl (C=O) groups excluding carboxylic acids is 3. The Bertz CT molecular complexity index is 306. The lowest BCUT2D eigenvalue weighted by atomic mass is 10.2. The Morgan fingerprint density at radius 2 is 1.63 bits per heavy atom. The molecule has 110 valence electrons. The molecule has 0 saturated carbocycles. The number of carbonyl (C=O) groups is 3. The van der Waals surface area contributed by atoms with Crippen molar-refractivity contribution in [1.82, 2.24) is 10.9 Å². The van der Waals surface area contributed by atoms with Crippen molar-refractivity contribution >= 4 is 17.8 Å². The van der Waals surface area contributed by atoms with Gasteiger partial charge in [0.2, 0.25) is 5.91 Å². The standard InChI is InChI=1S/C12H22N2O5/c1-4-6-18-11(16)8-10(14-13-9(3)15)12(17)19-7-5-2/h10,14H,4-8H2,1-3H3,(H,13,15)/t10-/m0/s1. The van der Waals surface area contributed by atoms with Crippen LogP contribution in [0.3, 0.4) is 0 Å². The van der Waals surface area contributed by atoms with Crippen LogP contribution in [0.5, 0.6) is 0 Å². The molecule has 0 unspecified atom stereocenters. The number of hydrazine groups is 1. The molecule has 0 aliphatic heterocycles. The van der Waals surface area contributed by atoms with Crippen LogP contribution in [-0.2, 0) is 23.9 Å². The van der Waals surface area contributed by atoms with Gasteiger partial charge >= 0.3 is 11.9 Å². The summed E-state index contributed by atoms with van der Waals surface area (Å²) in [6, 6.07) is -0.945. The molecule has 7 nitrogen and oxygen atoms in total. The molecule has 0 aromatic rings. The summed E-state index contributed by atoms with van der Waals surface area (Å²) >= 11 is 0. The van der Waals surface area contributed by atoms with Gasteiger partial charge in [-0.25, -0.2) is 5.43 Å². The highest BCUT2D eigenvalue weighted by atomic mass is 16.5. The summed E-state index contributed by atoms with van der Waals surface area (Å²) in [5.74, 6) is -1.47. The van der Waals surface area contributed by atoms with Crippen LogP contribution in [0.15, 0.2) is 0 Å². The molecule has 0 radical (unpaired) electrons. The lowest BCUT2D eigenvalue weighted by Gasteiger charge is -2.16. The summed E-state index contributed by atoms with van der Waals surface area (Å²) in [4.78, 5) is 33.9. The van der Waals surface area contributed by atoms with E-state index in [-0.39, 0.29) is 18.9 Å². The van der Waals surface area contributed by atoms with Crippen molar-refractivity contribution in [2.45, 2.75) is 46.1 Å². The maximum atomic E-state index is 11.7. The van der Waals surface area contributed by atoms with Gasteiger partial charge in [-0.15, -0.1) is 0 Å². The molecule has 0 rings (SSSR count). The van der Waals surface area contributed by atoms with Crippen molar-refractivity contribution in [3.05, 3.63) is 0 Å². The highest BCUT2D eigenvalue weighted by Crippen LogP contribution is 1.99. The van der Waals surface area contributed by atoms with Crippen LogP contribution < -0.4 is 10.9 Å². The molecule has 0 bridgehead atoms. The summed E-state index contributed by atoms with van der Waals surface area (Å²) in [6.07, 6.45) is 1.19. The van der Waals surface area contributed by atoms with Crippen molar-refractivity contribution in [1.29, 1.82) is 0 Å². The SMILES string of the molecule is CCCOC(=O)C[C@H](NNC(C)=O)C(=O)OCCC. The fourth-order valence-electron chi connectivity index (χ4n) is 1.13. The van der Waals surface area contributed by atoms with E-state index < -0.39 is 18.0 Å². The Kier molecular flexibility index (Phi) is 9.42. The van der Waals surface area contributed by atoms with Gasteiger partial charge in [-0.2, -0.15) is 0 Å². The van der Waals surface area contributed by atoms with E-state index in [9.17, 15) is 14.4 Å².